The van der Waals surface area contributed by atoms with Crippen molar-refractivity contribution in [3.05, 3.63) is 44.6 Å². The number of rotatable bonds is 2. The van der Waals surface area contributed by atoms with E-state index >= 15 is 0 Å². The number of hydrogen-bond donors (Lipinski definition) is 0. The van der Waals surface area contributed by atoms with E-state index in [1.807, 2.05) is 13.0 Å². The van der Waals surface area contributed by atoms with Gasteiger partial charge >= 0.3 is 0 Å². The fourth-order valence-corrected chi connectivity index (χ4v) is 3.76. The van der Waals surface area contributed by atoms with Crippen LogP contribution < -0.4 is 9.47 Å². The lowest BCUT2D eigenvalue weighted by molar-refractivity contribution is 0.171. The van der Waals surface area contributed by atoms with Crippen LogP contribution in [0.5, 0.6) is 11.5 Å². The van der Waals surface area contributed by atoms with Crippen LogP contribution in [0.25, 0.3) is 0 Å². The maximum absolute atomic E-state index is 6.55. The van der Waals surface area contributed by atoms with E-state index in [4.69, 9.17) is 32.7 Å². The summed E-state index contributed by atoms with van der Waals surface area (Å²) in [5, 5.41) is 4.47. The molecule has 100 valence electrons. The highest BCUT2D eigenvalue weighted by Gasteiger charge is 2.21. The summed E-state index contributed by atoms with van der Waals surface area (Å²) in [4.78, 5) is 0. The zero-order valence-corrected chi connectivity index (χ0v) is 12.6. The average Bonchev–Trinajstić information content (AvgIpc) is 2.83. The molecule has 0 aliphatic carbocycles. The second kappa shape index (κ2) is 5.23. The van der Waals surface area contributed by atoms with Crippen LogP contribution in [0.15, 0.2) is 22.9 Å². The molecule has 2 heterocycles. The molecule has 0 saturated heterocycles. The maximum atomic E-state index is 6.55. The second-order valence-electron chi connectivity index (χ2n) is 4.39. The third-order valence-corrected chi connectivity index (χ3v) is 4.78. The van der Waals surface area contributed by atoms with Crippen molar-refractivity contribution in [2.24, 2.45) is 0 Å². The molecular weight excluding hydrogens is 303 g/mol. The monoisotopic (exact) mass is 314 g/mol. The number of thiophene rings is 1. The van der Waals surface area contributed by atoms with Crippen LogP contribution in [-0.4, -0.2) is 13.2 Å². The van der Waals surface area contributed by atoms with Gasteiger partial charge in [0.25, 0.3) is 0 Å². The molecule has 1 aromatic heterocycles. The second-order valence-corrected chi connectivity index (χ2v) is 5.98. The van der Waals surface area contributed by atoms with Gasteiger partial charge < -0.3 is 9.47 Å². The van der Waals surface area contributed by atoms with Gasteiger partial charge in [0.05, 0.1) is 5.38 Å². The molecule has 1 atom stereocenters. The minimum Gasteiger partial charge on any atom is -0.486 e. The lowest BCUT2D eigenvalue weighted by Gasteiger charge is -2.21. The Bertz CT molecular complexity index is 609. The molecule has 0 spiro atoms. The Morgan fingerprint density at radius 2 is 1.79 bits per heavy atom. The molecule has 2 nitrogen and oxygen atoms in total. The van der Waals surface area contributed by atoms with E-state index < -0.39 is 0 Å². The van der Waals surface area contributed by atoms with Gasteiger partial charge in [-0.3, -0.25) is 0 Å². The molecule has 1 aliphatic rings. The Hall–Kier alpha value is -0.900. The quantitative estimate of drug-likeness (QED) is 0.741. The summed E-state index contributed by atoms with van der Waals surface area (Å²) in [6.45, 7) is 3.16. The third-order valence-electron chi connectivity index (χ3n) is 3.10. The molecule has 0 saturated carbocycles. The van der Waals surface area contributed by atoms with E-state index in [1.54, 1.807) is 17.4 Å². The smallest absolute Gasteiger partial charge is 0.162 e. The summed E-state index contributed by atoms with van der Waals surface area (Å²) in [7, 11) is 0. The van der Waals surface area contributed by atoms with Crippen molar-refractivity contribution >= 4 is 34.5 Å². The molecular formula is C14H12Cl2O2S. The molecule has 19 heavy (non-hydrogen) atoms. The SMILES string of the molecule is Cc1cscc1C(Cl)c1cc2c(cc1Cl)OCCO2. The number of hydrogen-bond acceptors (Lipinski definition) is 3. The first-order chi connectivity index (χ1) is 9.16. The summed E-state index contributed by atoms with van der Waals surface area (Å²) in [6, 6.07) is 3.66. The zero-order valence-electron chi connectivity index (χ0n) is 10.3. The first kappa shape index (κ1) is 13.1. The topological polar surface area (TPSA) is 18.5 Å². The van der Waals surface area contributed by atoms with E-state index in [0.717, 1.165) is 11.1 Å². The van der Waals surface area contributed by atoms with Crippen LogP contribution in [-0.2, 0) is 0 Å². The third kappa shape index (κ3) is 2.42. The van der Waals surface area contributed by atoms with Gasteiger partial charge in [-0.25, -0.2) is 0 Å². The largest absolute Gasteiger partial charge is 0.486 e. The van der Waals surface area contributed by atoms with Crippen LogP contribution in [0.2, 0.25) is 5.02 Å². The van der Waals surface area contributed by atoms with E-state index in [0.29, 0.717) is 29.7 Å². The number of alkyl halides is 1. The summed E-state index contributed by atoms with van der Waals surface area (Å²) in [6.07, 6.45) is 0. The minimum absolute atomic E-state index is 0.269. The van der Waals surface area contributed by atoms with Gasteiger partial charge in [0.1, 0.15) is 13.2 Å². The first-order valence-corrected chi connectivity index (χ1v) is 7.68. The van der Waals surface area contributed by atoms with Crippen molar-refractivity contribution < 1.29 is 9.47 Å². The highest BCUT2D eigenvalue weighted by atomic mass is 35.5. The Labute approximate surface area is 125 Å². The summed E-state index contributed by atoms with van der Waals surface area (Å²) in [5.74, 6) is 1.40. The molecule has 2 aromatic rings. The standard InChI is InChI=1S/C14H12Cl2O2S/c1-8-6-19-7-10(8)14(16)9-4-12-13(5-11(9)15)18-3-2-17-12/h4-7,14H,2-3H2,1H3. The molecule has 1 aliphatic heterocycles. The predicted octanol–water partition coefficient (Wildman–Crippen LogP) is 4.81. The van der Waals surface area contributed by atoms with Crippen LogP contribution >= 0.6 is 34.5 Å². The van der Waals surface area contributed by atoms with Gasteiger partial charge in [-0.1, -0.05) is 11.6 Å². The lowest BCUT2D eigenvalue weighted by atomic mass is 10.0. The zero-order chi connectivity index (χ0) is 13.4. The molecule has 0 bridgehead atoms. The fraction of sp³-hybridized carbons (Fsp3) is 0.286. The lowest BCUT2D eigenvalue weighted by Crippen LogP contribution is -2.15. The summed E-state index contributed by atoms with van der Waals surface area (Å²) < 4.78 is 11.1. The molecule has 5 heteroatoms. The van der Waals surface area contributed by atoms with Gasteiger partial charge in [0.15, 0.2) is 11.5 Å². The van der Waals surface area contributed by atoms with Gasteiger partial charge in [0.2, 0.25) is 0 Å². The van der Waals surface area contributed by atoms with Crippen molar-refractivity contribution in [3.63, 3.8) is 0 Å². The number of fused-ring (bicyclic) bond motifs is 1. The van der Waals surface area contributed by atoms with Crippen molar-refractivity contribution in [3.8, 4) is 11.5 Å². The Morgan fingerprint density at radius 3 is 2.42 bits per heavy atom. The molecule has 0 fully saturated rings. The van der Waals surface area contributed by atoms with Gasteiger partial charge in [-0.05, 0) is 40.4 Å². The van der Waals surface area contributed by atoms with Gasteiger partial charge in [0, 0.05) is 11.1 Å². The predicted molar refractivity (Wildman–Crippen MR) is 79.2 cm³/mol. The maximum Gasteiger partial charge on any atom is 0.162 e. The van der Waals surface area contributed by atoms with E-state index in [-0.39, 0.29) is 5.38 Å². The van der Waals surface area contributed by atoms with Crippen LogP contribution in [0, 0.1) is 6.92 Å². The number of ether oxygens (including phenoxy) is 2. The van der Waals surface area contributed by atoms with E-state index in [1.165, 1.54) is 5.56 Å². The molecule has 0 N–H and O–H groups in total. The van der Waals surface area contributed by atoms with E-state index in [9.17, 15) is 0 Å². The highest BCUT2D eigenvalue weighted by Crippen LogP contribution is 2.42. The summed E-state index contributed by atoms with van der Waals surface area (Å²) in [5.41, 5.74) is 3.12. The van der Waals surface area contributed by atoms with Crippen molar-refractivity contribution in [1.29, 1.82) is 0 Å². The van der Waals surface area contributed by atoms with Crippen molar-refractivity contribution in [2.75, 3.05) is 13.2 Å². The Morgan fingerprint density at radius 1 is 1.11 bits per heavy atom. The minimum atomic E-state index is -0.269. The molecule has 1 unspecified atom stereocenters. The van der Waals surface area contributed by atoms with Gasteiger partial charge in [-0.2, -0.15) is 11.3 Å². The Kier molecular flexibility index (Phi) is 3.61. The van der Waals surface area contributed by atoms with E-state index in [2.05, 4.69) is 10.8 Å². The number of benzene rings is 1. The van der Waals surface area contributed by atoms with Crippen LogP contribution in [0.4, 0.5) is 0 Å². The number of aryl methyl sites for hydroxylation is 1. The normalized spacial score (nSPS) is 15.3. The number of halogens is 2. The van der Waals surface area contributed by atoms with Crippen LogP contribution in [0.3, 0.4) is 0 Å². The van der Waals surface area contributed by atoms with Crippen molar-refractivity contribution in [2.45, 2.75) is 12.3 Å². The molecule has 1 aromatic carbocycles. The van der Waals surface area contributed by atoms with Crippen molar-refractivity contribution in [1.82, 2.24) is 0 Å². The fourth-order valence-electron chi connectivity index (χ4n) is 2.07. The molecule has 0 amide bonds. The highest BCUT2D eigenvalue weighted by molar-refractivity contribution is 7.08. The molecule has 0 radical (unpaired) electrons. The summed E-state index contributed by atoms with van der Waals surface area (Å²) >= 11 is 14.5. The van der Waals surface area contributed by atoms with Gasteiger partial charge in [-0.15, -0.1) is 11.6 Å². The Balaban J connectivity index is 2.03. The average molecular weight is 315 g/mol. The molecule has 3 rings (SSSR count). The van der Waals surface area contributed by atoms with Crippen LogP contribution in [0.1, 0.15) is 22.1 Å². The first-order valence-electron chi connectivity index (χ1n) is 5.92.